The van der Waals surface area contributed by atoms with Gasteiger partial charge in [0.15, 0.2) is 0 Å². The lowest BCUT2D eigenvalue weighted by Crippen LogP contribution is -2.41. The molecule has 1 aliphatic heterocycles. The zero-order valence-electron chi connectivity index (χ0n) is 14.6. The van der Waals surface area contributed by atoms with E-state index in [2.05, 4.69) is 47.3 Å². The summed E-state index contributed by atoms with van der Waals surface area (Å²) in [6.07, 6.45) is 7.10. The van der Waals surface area contributed by atoms with Crippen LogP contribution in [0.25, 0.3) is 0 Å². The van der Waals surface area contributed by atoms with E-state index < -0.39 is 0 Å². The molecule has 2 heterocycles. The van der Waals surface area contributed by atoms with E-state index in [0.29, 0.717) is 6.54 Å². The predicted molar refractivity (Wildman–Crippen MR) is 95.4 cm³/mol. The maximum absolute atomic E-state index is 12.5. The first-order valence-electron chi connectivity index (χ1n) is 8.23. The average molecular weight is 334 g/mol. The number of rotatable bonds is 4. The van der Waals surface area contributed by atoms with Crippen molar-refractivity contribution in [2.24, 2.45) is 5.92 Å². The first kappa shape index (κ1) is 18.0. The number of nitrogens with zero attached hydrogens (tertiary/aromatic N) is 2. The monoisotopic (exact) mass is 333 g/mol. The number of hydrogen-bond donors (Lipinski definition) is 1. The van der Waals surface area contributed by atoms with Crippen molar-refractivity contribution < 1.29 is 4.79 Å². The number of nitrogens with one attached hydrogen (secondary N) is 1. The maximum Gasteiger partial charge on any atom is 0.223 e. The van der Waals surface area contributed by atoms with Gasteiger partial charge in [0.1, 0.15) is 5.01 Å². The average Bonchev–Trinajstić information content (AvgIpc) is 2.98. The van der Waals surface area contributed by atoms with Crippen molar-refractivity contribution in [3.8, 4) is 12.3 Å². The highest BCUT2D eigenvalue weighted by molar-refractivity contribution is 7.09. The first-order chi connectivity index (χ1) is 10.8. The molecule has 1 atom stereocenters. The summed E-state index contributed by atoms with van der Waals surface area (Å²) in [7, 11) is 0. The van der Waals surface area contributed by atoms with Crippen LogP contribution in [0.4, 0.5) is 0 Å². The number of aromatic nitrogens is 1. The molecule has 0 radical (unpaired) electrons. The molecule has 1 fully saturated rings. The van der Waals surface area contributed by atoms with Gasteiger partial charge in [0.05, 0.1) is 18.3 Å². The lowest BCUT2D eigenvalue weighted by molar-refractivity contribution is -0.127. The number of hydrogen-bond acceptors (Lipinski definition) is 4. The lowest BCUT2D eigenvalue weighted by atomic mass is 9.93. The van der Waals surface area contributed by atoms with Crippen molar-refractivity contribution in [3.05, 3.63) is 16.1 Å². The van der Waals surface area contributed by atoms with E-state index in [9.17, 15) is 4.79 Å². The second kappa shape index (κ2) is 7.46. The van der Waals surface area contributed by atoms with E-state index in [4.69, 9.17) is 6.42 Å². The molecule has 4 nitrogen and oxygen atoms in total. The van der Waals surface area contributed by atoms with E-state index in [-0.39, 0.29) is 23.3 Å². The van der Waals surface area contributed by atoms with Crippen LogP contribution in [-0.2, 0) is 10.2 Å². The third kappa shape index (κ3) is 4.79. The van der Waals surface area contributed by atoms with E-state index in [1.165, 1.54) is 0 Å². The second-order valence-electron chi connectivity index (χ2n) is 7.31. The Hall–Kier alpha value is -1.38. The van der Waals surface area contributed by atoms with Gasteiger partial charge in [0.25, 0.3) is 0 Å². The van der Waals surface area contributed by atoms with Gasteiger partial charge in [-0.05, 0) is 32.9 Å². The molecule has 0 bridgehead atoms. The smallest absolute Gasteiger partial charge is 0.223 e. The molecule has 126 valence electrons. The van der Waals surface area contributed by atoms with E-state index >= 15 is 0 Å². The van der Waals surface area contributed by atoms with Crippen LogP contribution in [0.5, 0.6) is 0 Å². The topological polar surface area (TPSA) is 45.2 Å². The van der Waals surface area contributed by atoms with Gasteiger partial charge in [0, 0.05) is 16.7 Å². The quantitative estimate of drug-likeness (QED) is 0.862. The molecule has 23 heavy (non-hydrogen) atoms. The van der Waals surface area contributed by atoms with Crippen LogP contribution in [0.1, 0.15) is 57.3 Å². The van der Waals surface area contributed by atoms with Crippen molar-refractivity contribution in [2.75, 3.05) is 19.6 Å². The molecule has 1 aromatic heterocycles. The highest BCUT2D eigenvalue weighted by Gasteiger charge is 2.26. The maximum atomic E-state index is 12.5. The molecule has 0 spiro atoms. The van der Waals surface area contributed by atoms with Crippen LogP contribution in [-0.4, -0.2) is 35.4 Å². The Labute approximate surface area is 143 Å². The Morgan fingerprint density at radius 2 is 2.17 bits per heavy atom. The van der Waals surface area contributed by atoms with Gasteiger partial charge in [-0.3, -0.25) is 9.69 Å². The molecule has 1 unspecified atom stereocenters. The van der Waals surface area contributed by atoms with Crippen LogP contribution in [0.3, 0.4) is 0 Å². The SMILES string of the molecule is C#CCN1CCC(C(=O)NC(C)c2nc(C(C)(C)C)cs2)CC1. The Kier molecular flexibility index (Phi) is 5.83. The molecule has 1 aliphatic rings. The Morgan fingerprint density at radius 1 is 1.52 bits per heavy atom. The normalized spacial score (nSPS) is 18.4. The van der Waals surface area contributed by atoms with Crippen molar-refractivity contribution in [1.82, 2.24) is 15.2 Å². The summed E-state index contributed by atoms with van der Waals surface area (Å²) < 4.78 is 0. The minimum Gasteiger partial charge on any atom is -0.347 e. The number of amides is 1. The Bertz CT molecular complexity index is 574. The highest BCUT2D eigenvalue weighted by atomic mass is 32.1. The highest BCUT2D eigenvalue weighted by Crippen LogP contribution is 2.27. The Morgan fingerprint density at radius 3 is 2.70 bits per heavy atom. The Balaban J connectivity index is 1.88. The second-order valence-corrected chi connectivity index (χ2v) is 8.20. The predicted octanol–water partition coefficient (Wildman–Crippen LogP) is 2.96. The van der Waals surface area contributed by atoms with E-state index in [0.717, 1.165) is 36.6 Å². The van der Waals surface area contributed by atoms with Gasteiger partial charge in [-0.1, -0.05) is 26.7 Å². The van der Waals surface area contributed by atoms with Gasteiger partial charge in [-0.2, -0.15) is 0 Å². The fourth-order valence-electron chi connectivity index (χ4n) is 2.71. The number of carbonyl (C=O) groups is 1. The van der Waals surface area contributed by atoms with E-state index in [1.807, 2.05) is 6.92 Å². The number of thiazole rings is 1. The molecule has 1 N–H and O–H groups in total. The van der Waals surface area contributed by atoms with Crippen LogP contribution < -0.4 is 5.32 Å². The van der Waals surface area contributed by atoms with Crippen LogP contribution in [0.15, 0.2) is 5.38 Å². The minimum atomic E-state index is -0.0349. The summed E-state index contributed by atoms with van der Waals surface area (Å²) in [5.41, 5.74) is 1.13. The molecule has 0 aromatic carbocycles. The summed E-state index contributed by atoms with van der Waals surface area (Å²) in [6.45, 7) is 11.0. The molecule has 1 saturated heterocycles. The number of carbonyl (C=O) groups excluding carboxylic acids is 1. The zero-order chi connectivity index (χ0) is 17.0. The van der Waals surface area contributed by atoms with Crippen molar-refractivity contribution in [3.63, 3.8) is 0 Å². The summed E-state index contributed by atoms with van der Waals surface area (Å²) >= 11 is 1.62. The van der Waals surface area contributed by atoms with Gasteiger partial charge in [-0.25, -0.2) is 4.98 Å². The minimum absolute atomic E-state index is 0.0349. The summed E-state index contributed by atoms with van der Waals surface area (Å²) in [5.74, 6) is 2.90. The largest absolute Gasteiger partial charge is 0.347 e. The van der Waals surface area contributed by atoms with Crippen LogP contribution in [0.2, 0.25) is 0 Å². The summed E-state index contributed by atoms with van der Waals surface area (Å²) in [5, 5.41) is 6.20. The molecular formula is C18H27N3OS. The van der Waals surface area contributed by atoms with Crippen LogP contribution >= 0.6 is 11.3 Å². The van der Waals surface area contributed by atoms with Gasteiger partial charge >= 0.3 is 0 Å². The van der Waals surface area contributed by atoms with Crippen molar-refractivity contribution in [1.29, 1.82) is 0 Å². The fraction of sp³-hybridized carbons (Fsp3) is 0.667. The lowest BCUT2D eigenvalue weighted by Gasteiger charge is -2.30. The number of piperidine rings is 1. The van der Waals surface area contributed by atoms with Crippen molar-refractivity contribution >= 4 is 17.2 Å². The molecule has 0 saturated carbocycles. The van der Waals surface area contributed by atoms with Gasteiger partial charge < -0.3 is 5.32 Å². The van der Waals surface area contributed by atoms with Gasteiger partial charge in [0.2, 0.25) is 5.91 Å². The molecule has 1 aromatic rings. The fourth-order valence-corrected chi connectivity index (χ4v) is 3.76. The molecule has 1 amide bonds. The molecular weight excluding hydrogens is 306 g/mol. The van der Waals surface area contributed by atoms with E-state index in [1.54, 1.807) is 11.3 Å². The molecule has 2 rings (SSSR count). The summed E-state index contributed by atoms with van der Waals surface area (Å²) in [6, 6.07) is -0.0349. The number of terminal acetylenes is 1. The third-order valence-corrected chi connectivity index (χ3v) is 5.32. The number of likely N-dealkylation sites (tertiary alicyclic amines) is 1. The third-order valence-electron chi connectivity index (χ3n) is 4.29. The summed E-state index contributed by atoms with van der Waals surface area (Å²) in [4.78, 5) is 19.4. The molecule has 0 aliphatic carbocycles. The first-order valence-corrected chi connectivity index (χ1v) is 9.11. The standard InChI is InChI=1S/C18H27N3OS/c1-6-9-21-10-7-14(8-11-21)16(22)19-13(2)17-20-15(12-23-17)18(3,4)5/h1,12-14H,7-11H2,2-5H3,(H,19,22). The van der Waals surface area contributed by atoms with Gasteiger partial charge in [-0.15, -0.1) is 17.8 Å². The van der Waals surface area contributed by atoms with Crippen LogP contribution in [0, 0.1) is 18.3 Å². The zero-order valence-corrected chi connectivity index (χ0v) is 15.4. The molecule has 5 heteroatoms. The van der Waals surface area contributed by atoms with Crippen molar-refractivity contribution in [2.45, 2.75) is 52.0 Å².